The Kier molecular flexibility index (Phi) is 19.0. The molecule has 0 fully saturated rings. The van der Waals surface area contributed by atoms with Gasteiger partial charge in [-0.25, -0.2) is 14.2 Å². The Balaban J connectivity index is 1.02. The summed E-state index contributed by atoms with van der Waals surface area (Å²) < 4.78 is 37.6. The molecule has 0 saturated heterocycles. The van der Waals surface area contributed by atoms with Gasteiger partial charge in [0.05, 0.1) is 38.6 Å². The summed E-state index contributed by atoms with van der Waals surface area (Å²) in [4.78, 5) is 128. The van der Waals surface area contributed by atoms with Gasteiger partial charge in [-0.05, 0) is 90.7 Å². The number of carboxylic acid groups (broad SMARTS) is 1. The Morgan fingerprint density at radius 2 is 1.48 bits per heavy atom. The number of aryl methyl sites for hydroxylation is 1. The molecule has 8 N–H and O–H groups in total. The molecule has 83 heavy (non-hydrogen) atoms. The monoisotopic (exact) mass is 1140 g/mol. The minimum Gasteiger partial charge on any atom is -0.508 e. The van der Waals surface area contributed by atoms with Crippen molar-refractivity contribution in [2.24, 2.45) is 7.05 Å². The minimum atomic E-state index is -1.54. The number of fused-ring (bicyclic) bond motifs is 3. The van der Waals surface area contributed by atoms with Gasteiger partial charge >= 0.3 is 17.9 Å². The summed E-state index contributed by atoms with van der Waals surface area (Å²) in [5.41, 5.74) is 1.95. The van der Waals surface area contributed by atoms with Crippen LogP contribution in [0.5, 0.6) is 11.5 Å². The second-order valence-electron chi connectivity index (χ2n) is 19.2. The quantitative estimate of drug-likeness (QED) is 0.0215. The number of para-hydroxylation sites is 1. The smallest absolute Gasteiger partial charge is 0.336 e. The predicted octanol–water partition coefficient (Wildman–Crippen LogP) is 4.11. The Hall–Kier alpha value is -10.2. The van der Waals surface area contributed by atoms with E-state index in [0.29, 0.717) is 44.4 Å². The lowest BCUT2D eigenvalue weighted by molar-refractivity contribution is -0.144. The number of esters is 2. The van der Waals surface area contributed by atoms with Gasteiger partial charge < -0.3 is 65.0 Å². The number of aromatic amines is 1. The van der Waals surface area contributed by atoms with E-state index < -0.39 is 90.3 Å². The summed E-state index contributed by atoms with van der Waals surface area (Å²) in [6, 6.07) is 19.1. The lowest BCUT2D eigenvalue weighted by Gasteiger charge is -2.26. The van der Waals surface area contributed by atoms with Crippen molar-refractivity contribution < 1.29 is 71.6 Å². The fraction of sp³-hybridized carbons (Fsp3) is 0.254. The molecule has 6 aromatic rings. The third-order valence-corrected chi connectivity index (χ3v) is 13.6. The number of carbonyl (C=O) groups excluding carboxylic acids is 7. The molecule has 1 aliphatic heterocycles. The predicted molar refractivity (Wildman–Crippen MR) is 297 cm³/mol. The number of phenolic OH excluding ortho intramolecular Hbond substituents is 1. The zero-order valence-electron chi connectivity index (χ0n) is 45.0. The average Bonchev–Trinajstić information content (AvgIpc) is 2.85. The fourth-order valence-electron chi connectivity index (χ4n) is 9.38. The Morgan fingerprint density at radius 3 is 2.22 bits per heavy atom. The average molecular weight is 1140 g/mol. The summed E-state index contributed by atoms with van der Waals surface area (Å²) in [5.74, 6) is -7.23. The van der Waals surface area contributed by atoms with E-state index in [-0.39, 0.29) is 78.0 Å². The van der Waals surface area contributed by atoms with Crippen LogP contribution in [-0.2, 0) is 58.1 Å². The number of hydrogen-bond acceptors (Lipinski definition) is 16. The molecule has 2 aromatic heterocycles. The SMILES string of the molecule is COC(=O)CCC(NC(=O)C(Cc1cn(C)c2ccc(F)cc12)NCCNC(=O)c1ccc(-c2c3ccc(=O)cc-3oc3cc(O)ccc23)c(C(=O)O)c1)C(=O)NC(Cc1cnc[nH]1)C(=O)NC(CC(=O)OC)C(=O)COc1ccccc1. The van der Waals surface area contributed by atoms with E-state index in [1.54, 1.807) is 60.3 Å². The van der Waals surface area contributed by atoms with Crippen molar-refractivity contribution >= 4 is 69.2 Å². The van der Waals surface area contributed by atoms with Crippen LogP contribution >= 0.6 is 0 Å². The second kappa shape index (κ2) is 26.8. The van der Waals surface area contributed by atoms with Crippen molar-refractivity contribution in [3.8, 4) is 33.9 Å². The van der Waals surface area contributed by atoms with E-state index in [2.05, 4.69) is 36.6 Å². The number of ether oxygens (including phenoxy) is 3. The summed E-state index contributed by atoms with van der Waals surface area (Å²) >= 11 is 0. The molecule has 8 rings (SSSR count). The number of aromatic carboxylic acids is 1. The van der Waals surface area contributed by atoms with E-state index in [1.807, 2.05) is 0 Å². The van der Waals surface area contributed by atoms with Crippen molar-refractivity contribution in [3.63, 3.8) is 0 Å². The molecular weight excluding hydrogens is 1080 g/mol. The van der Waals surface area contributed by atoms with E-state index >= 15 is 0 Å². The molecule has 0 saturated carbocycles. The molecule has 430 valence electrons. The first-order chi connectivity index (χ1) is 39.9. The number of amides is 4. The van der Waals surface area contributed by atoms with Gasteiger partial charge in [-0.1, -0.05) is 24.3 Å². The summed E-state index contributed by atoms with van der Waals surface area (Å²) in [6.07, 6.45) is 2.74. The Labute approximate surface area is 471 Å². The van der Waals surface area contributed by atoms with Gasteiger partial charge in [0.1, 0.15) is 53.4 Å². The van der Waals surface area contributed by atoms with Gasteiger partial charge in [-0.2, -0.15) is 0 Å². The first-order valence-corrected chi connectivity index (χ1v) is 25.9. The Bertz CT molecular complexity index is 3750. The van der Waals surface area contributed by atoms with Crippen LogP contribution in [0.25, 0.3) is 44.3 Å². The molecule has 3 heterocycles. The first-order valence-electron chi connectivity index (χ1n) is 25.9. The molecule has 0 bridgehead atoms. The maximum Gasteiger partial charge on any atom is 0.336 e. The number of aromatic nitrogens is 3. The van der Waals surface area contributed by atoms with Crippen LogP contribution in [0.2, 0.25) is 0 Å². The number of carboxylic acids is 1. The number of imidazole rings is 1. The van der Waals surface area contributed by atoms with Crippen LogP contribution in [0.3, 0.4) is 0 Å². The molecule has 24 heteroatoms. The number of carbonyl (C=O) groups is 8. The number of nitrogens with one attached hydrogen (secondary N) is 6. The third-order valence-electron chi connectivity index (χ3n) is 13.6. The molecule has 0 radical (unpaired) electrons. The van der Waals surface area contributed by atoms with Gasteiger partial charge in [0.2, 0.25) is 17.7 Å². The van der Waals surface area contributed by atoms with E-state index in [1.165, 1.54) is 73.2 Å². The van der Waals surface area contributed by atoms with Crippen molar-refractivity contribution in [1.82, 2.24) is 41.1 Å². The van der Waals surface area contributed by atoms with E-state index in [4.69, 9.17) is 18.6 Å². The number of aromatic hydroxyl groups is 1. The van der Waals surface area contributed by atoms with Crippen molar-refractivity contribution in [2.75, 3.05) is 33.9 Å². The van der Waals surface area contributed by atoms with Crippen LogP contribution < -0.4 is 36.7 Å². The molecule has 4 aromatic carbocycles. The maximum absolute atomic E-state index is 14.8. The Morgan fingerprint density at radius 1 is 0.759 bits per heavy atom. The summed E-state index contributed by atoms with van der Waals surface area (Å²) in [6.45, 7) is -0.812. The van der Waals surface area contributed by atoms with Crippen LogP contribution in [0.15, 0.2) is 131 Å². The van der Waals surface area contributed by atoms with Gasteiger partial charge in [0, 0.05) is 96.2 Å². The molecule has 1 aliphatic carbocycles. The molecule has 2 aliphatic rings. The highest BCUT2D eigenvalue weighted by Crippen LogP contribution is 2.42. The number of methoxy groups -OCH3 is 2. The van der Waals surface area contributed by atoms with Crippen LogP contribution in [0, 0.1) is 5.82 Å². The van der Waals surface area contributed by atoms with Crippen LogP contribution in [0.4, 0.5) is 4.39 Å². The number of rotatable bonds is 26. The number of halogens is 1. The highest BCUT2D eigenvalue weighted by molar-refractivity contribution is 6.09. The molecular formula is C59H57FN8O15. The number of phenols is 1. The largest absolute Gasteiger partial charge is 0.508 e. The van der Waals surface area contributed by atoms with E-state index in [9.17, 15) is 57.8 Å². The normalized spacial score (nSPS) is 12.6. The van der Waals surface area contributed by atoms with Crippen molar-refractivity contribution in [2.45, 2.75) is 56.3 Å². The van der Waals surface area contributed by atoms with Crippen LogP contribution in [-0.4, -0.2) is 130 Å². The molecule has 23 nitrogen and oxygen atoms in total. The topological polar surface area (TPSA) is 329 Å². The minimum absolute atomic E-state index is 0.0476. The zero-order valence-corrected chi connectivity index (χ0v) is 45.0. The second-order valence-corrected chi connectivity index (χ2v) is 19.2. The van der Waals surface area contributed by atoms with Crippen molar-refractivity contribution in [1.29, 1.82) is 0 Å². The molecule has 4 unspecified atom stereocenters. The number of hydrogen-bond donors (Lipinski definition) is 8. The lowest BCUT2D eigenvalue weighted by atomic mass is 9.90. The number of Topliss-reactive ketones (excluding diaryl/α,β-unsaturated/α-hetero) is 1. The number of benzene rings is 5. The fourth-order valence-corrected chi connectivity index (χ4v) is 9.38. The van der Waals surface area contributed by atoms with Gasteiger partial charge in [0.25, 0.3) is 5.91 Å². The standard InChI is InChI=1S/C59H57FN8O15/c1-68-29-33(42-23-34(60)10-17-48(42)68)22-46(62-19-20-63-55(74)32-9-13-39(43(21-32)59(78)79)54-40-14-11-36(69)25-50(40)83-51-26-37(70)12-15-41(51)54)57(76)65-44(16-18-52(72)80-2)56(75)67-47(24-35-28-61-31-64-35)58(77)66-45(27-53(73)81-3)49(71)30-82-38-7-5-4-6-8-38/h4-15,17,21,23,25-26,28-29,31,44-47,62,69H,16,18-20,22,24,27,30H2,1-3H3,(H,61,64)(H,63,74)(H,65,76)(H,66,77)(H,67,75)(H,78,79). The first kappa shape index (κ1) is 58.9. The van der Waals surface area contributed by atoms with Gasteiger partial charge in [0.15, 0.2) is 11.2 Å². The maximum atomic E-state index is 14.8. The molecule has 0 spiro atoms. The van der Waals surface area contributed by atoms with Gasteiger partial charge in [-0.3, -0.25) is 38.4 Å². The van der Waals surface area contributed by atoms with Gasteiger partial charge in [-0.15, -0.1) is 0 Å². The zero-order chi connectivity index (χ0) is 59.3. The molecule has 4 amide bonds. The third kappa shape index (κ3) is 14.8. The van der Waals surface area contributed by atoms with E-state index in [0.717, 1.165) is 14.2 Å². The molecule has 4 atom stereocenters. The lowest BCUT2D eigenvalue weighted by Crippen LogP contribution is -2.58. The van der Waals surface area contributed by atoms with Crippen LogP contribution in [0.1, 0.15) is 51.2 Å². The number of ketones is 1. The highest BCUT2D eigenvalue weighted by atomic mass is 19.1. The number of H-pyrrole nitrogens is 1. The summed E-state index contributed by atoms with van der Waals surface area (Å²) in [5, 5.41) is 35.3. The highest BCUT2D eigenvalue weighted by Gasteiger charge is 2.34. The summed E-state index contributed by atoms with van der Waals surface area (Å²) in [7, 11) is 3.97. The van der Waals surface area contributed by atoms with Crippen molar-refractivity contribution in [3.05, 3.63) is 160 Å². The number of nitrogens with zero attached hydrogens (tertiary/aromatic N) is 2.